The Kier molecular flexibility index (Phi) is 3.03. The average Bonchev–Trinajstić information content (AvgIpc) is 2.80. The largest absolute Gasteiger partial charge is 0.328 e. The molecule has 1 N–H and O–H groups in total. The molecule has 0 aliphatic carbocycles. The summed E-state index contributed by atoms with van der Waals surface area (Å²) >= 11 is 1.36. The van der Waals surface area contributed by atoms with E-state index in [9.17, 15) is 9.59 Å². The van der Waals surface area contributed by atoms with Crippen LogP contribution in [0, 0.1) is 6.92 Å². The highest BCUT2D eigenvalue weighted by molar-refractivity contribution is 7.15. The van der Waals surface area contributed by atoms with Crippen LogP contribution in [0.15, 0.2) is 34.4 Å². The second-order valence-electron chi connectivity index (χ2n) is 4.14. The number of amides is 1. The van der Waals surface area contributed by atoms with Crippen LogP contribution in [-0.4, -0.2) is 21.0 Å². The van der Waals surface area contributed by atoms with Gasteiger partial charge in [0, 0.05) is 10.9 Å². The number of nitrogens with one attached hydrogen (secondary N) is 1. The van der Waals surface area contributed by atoms with Gasteiger partial charge in [0.2, 0.25) is 11.4 Å². The number of hydrogen-bond acceptors (Lipinski definition) is 5. The van der Waals surface area contributed by atoms with Crippen LogP contribution in [0.2, 0.25) is 0 Å². The van der Waals surface area contributed by atoms with E-state index in [2.05, 4.69) is 15.4 Å². The number of aromatic nitrogens is 3. The highest BCUT2D eigenvalue weighted by Crippen LogP contribution is 2.23. The Bertz CT molecular complexity index is 853. The van der Waals surface area contributed by atoms with Gasteiger partial charge in [-0.15, -0.1) is 11.3 Å². The predicted molar refractivity (Wildman–Crippen MR) is 77.0 cm³/mol. The standard InChI is InChI=1S/C13H10N4O2S/c1-8-6-20-13-15-12(19)11(16-17(8)13)9-4-2-3-5-10(9)14-7-18/h2-7H,1H3,(H,14,18). The van der Waals surface area contributed by atoms with Crippen LogP contribution in [0.1, 0.15) is 5.69 Å². The molecule has 0 aliphatic rings. The second kappa shape index (κ2) is 4.86. The number of carbonyl (C=O) groups excluding carboxylic acids is 1. The zero-order valence-electron chi connectivity index (χ0n) is 10.5. The molecular weight excluding hydrogens is 276 g/mol. The summed E-state index contributed by atoms with van der Waals surface area (Å²) in [5, 5.41) is 8.79. The molecule has 3 rings (SSSR count). The van der Waals surface area contributed by atoms with Gasteiger partial charge in [-0.3, -0.25) is 9.59 Å². The summed E-state index contributed by atoms with van der Waals surface area (Å²) in [6, 6.07) is 6.99. The van der Waals surface area contributed by atoms with Gasteiger partial charge in [0.25, 0.3) is 0 Å². The highest BCUT2D eigenvalue weighted by atomic mass is 32.1. The van der Waals surface area contributed by atoms with Crippen molar-refractivity contribution in [3.05, 3.63) is 45.7 Å². The summed E-state index contributed by atoms with van der Waals surface area (Å²) in [5.41, 5.74) is 1.79. The van der Waals surface area contributed by atoms with E-state index in [-0.39, 0.29) is 5.69 Å². The zero-order valence-corrected chi connectivity index (χ0v) is 11.3. The number of aryl methyl sites for hydroxylation is 1. The lowest BCUT2D eigenvalue weighted by molar-refractivity contribution is -0.105. The van der Waals surface area contributed by atoms with E-state index in [1.165, 1.54) is 11.3 Å². The third-order valence-corrected chi connectivity index (χ3v) is 3.78. The molecule has 2 aromatic heterocycles. The molecule has 0 radical (unpaired) electrons. The average molecular weight is 286 g/mol. The SMILES string of the molecule is Cc1csc2nc(=O)c(-c3ccccc3NC=O)nn12. The third-order valence-electron chi connectivity index (χ3n) is 2.85. The number of fused-ring (bicyclic) bond motifs is 1. The van der Waals surface area contributed by atoms with Crippen LogP contribution in [-0.2, 0) is 4.79 Å². The van der Waals surface area contributed by atoms with Crippen molar-refractivity contribution in [2.24, 2.45) is 0 Å². The van der Waals surface area contributed by atoms with Crippen LogP contribution in [0.3, 0.4) is 0 Å². The fraction of sp³-hybridized carbons (Fsp3) is 0.0769. The zero-order chi connectivity index (χ0) is 14.1. The van der Waals surface area contributed by atoms with Gasteiger partial charge >= 0.3 is 5.56 Å². The van der Waals surface area contributed by atoms with Crippen molar-refractivity contribution in [1.82, 2.24) is 14.6 Å². The van der Waals surface area contributed by atoms with Crippen molar-refractivity contribution in [2.45, 2.75) is 6.92 Å². The number of para-hydroxylation sites is 1. The van der Waals surface area contributed by atoms with E-state index in [4.69, 9.17) is 0 Å². The van der Waals surface area contributed by atoms with Crippen LogP contribution in [0.4, 0.5) is 5.69 Å². The molecule has 0 unspecified atom stereocenters. The van der Waals surface area contributed by atoms with E-state index in [1.807, 2.05) is 12.3 Å². The molecule has 6 nitrogen and oxygen atoms in total. The summed E-state index contributed by atoms with van der Waals surface area (Å²) in [4.78, 5) is 27.3. The van der Waals surface area contributed by atoms with E-state index >= 15 is 0 Å². The maximum absolute atomic E-state index is 12.1. The molecule has 1 amide bonds. The van der Waals surface area contributed by atoms with Crippen LogP contribution in [0.5, 0.6) is 0 Å². The van der Waals surface area contributed by atoms with Crippen molar-refractivity contribution in [1.29, 1.82) is 0 Å². The Morgan fingerprint density at radius 1 is 1.35 bits per heavy atom. The third kappa shape index (κ3) is 1.97. The van der Waals surface area contributed by atoms with Crippen LogP contribution < -0.4 is 10.9 Å². The Labute approximate surface area is 117 Å². The summed E-state index contributed by atoms with van der Waals surface area (Å²) in [7, 11) is 0. The van der Waals surface area contributed by atoms with Gasteiger partial charge in [0.15, 0.2) is 5.69 Å². The van der Waals surface area contributed by atoms with Crippen molar-refractivity contribution < 1.29 is 4.79 Å². The van der Waals surface area contributed by atoms with Crippen LogP contribution >= 0.6 is 11.3 Å². The molecule has 20 heavy (non-hydrogen) atoms. The van der Waals surface area contributed by atoms with Crippen LogP contribution in [0.25, 0.3) is 16.2 Å². The first-order valence-corrected chi connectivity index (χ1v) is 6.73. The number of benzene rings is 1. The van der Waals surface area contributed by atoms with E-state index in [0.29, 0.717) is 22.6 Å². The van der Waals surface area contributed by atoms with Gasteiger partial charge in [0.1, 0.15) is 0 Å². The van der Waals surface area contributed by atoms with Gasteiger partial charge in [-0.25, -0.2) is 4.52 Å². The molecule has 0 spiro atoms. The topological polar surface area (TPSA) is 76.4 Å². The van der Waals surface area contributed by atoms with Gasteiger partial charge in [-0.2, -0.15) is 10.1 Å². The van der Waals surface area contributed by atoms with Gasteiger partial charge in [-0.1, -0.05) is 18.2 Å². The lowest BCUT2D eigenvalue weighted by Crippen LogP contribution is -2.15. The summed E-state index contributed by atoms with van der Waals surface area (Å²) < 4.78 is 1.62. The summed E-state index contributed by atoms with van der Waals surface area (Å²) in [6.07, 6.45) is 0.568. The molecule has 3 aromatic rings. The van der Waals surface area contributed by atoms with E-state index in [0.717, 1.165) is 5.69 Å². The molecule has 0 aliphatic heterocycles. The number of nitrogens with zero attached hydrogens (tertiary/aromatic N) is 3. The molecule has 1 aromatic carbocycles. The second-order valence-corrected chi connectivity index (χ2v) is 4.98. The molecule has 7 heteroatoms. The highest BCUT2D eigenvalue weighted by Gasteiger charge is 2.13. The lowest BCUT2D eigenvalue weighted by atomic mass is 10.1. The van der Waals surface area contributed by atoms with E-state index < -0.39 is 5.56 Å². The smallest absolute Gasteiger partial charge is 0.300 e. The van der Waals surface area contributed by atoms with Gasteiger partial charge < -0.3 is 5.32 Å². The number of rotatable bonds is 3. The first kappa shape index (κ1) is 12.5. The molecule has 2 heterocycles. The van der Waals surface area contributed by atoms with Gasteiger partial charge in [-0.05, 0) is 13.0 Å². The van der Waals surface area contributed by atoms with Gasteiger partial charge in [0.05, 0.1) is 11.4 Å². The van der Waals surface area contributed by atoms with Crippen molar-refractivity contribution in [3.8, 4) is 11.3 Å². The Balaban J connectivity index is 2.28. The predicted octanol–water partition coefficient (Wildman–Crippen LogP) is 1.69. The summed E-state index contributed by atoms with van der Waals surface area (Å²) in [5.74, 6) is 0. The number of thiazole rings is 1. The first-order chi connectivity index (χ1) is 9.70. The fourth-order valence-corrected chi connectivity index (χ4v) is 2.71. The molecule has 0 saturated carbocycles. The monoisotopic (exact) mass is 286 g/mol. The van der Waals surface area contributed by atoms with Crippen molar-refractivity contribution in [3.63, 3.8) is 0 Å². The van der Waals surface area contributed by atoms with Crippen molar-refractivity contribution in [2.75, 3.05) is 5.32 Å². The molecular formula is C13H10N4O2S. The van der Waals surface area contributed by atoms with E-state index in [1.54, 1.807) is 28.8 Å². The minimum absolute atomic E-state index is 0.217. The molecule has 100 valence electrons. The number of carbonyl (C=O) groups is 1. The lowest BCUT2D eigenvalue weighted by Gasteiger charge is -2.06. The fourth-order valence-electron chi connectivity index (χ4n) is 1.91. The Hall–Kier alpha value is -2.54. The first-order valence-electron chi connectivity index (χ1n) is 5.85. The van der Waals surface area contributed by atoms with Crippen molar-refractivity contribution >= 4 is 28.4 Å². The minimum atomic E-state index is -0.410. The quantitative estimate of drug-likeness (QED) is 0.743. The Morgan fingerprint density at radius 3 is 2.95 bits per heavy atom. The molecule has 0 bridgehead atoms. The number of anilines is 1. The summed E-state index contributed by atoms with van der Waals surface area (Å²) in [6.45, 7) is 1.89. The normalized spacial score (nSPS) is 10.7. The molecule has 0 fully saturated rings. The molecule has 0 saturated heterocycles. The molecule has 0 atom stereocenters. The number of hydrogen-bond donors (Lipinski definition) is 1. The maximum Gasteiger partial charge on any atom is 0.300 e. The minimum Gasteiger partial charge on any atom is -0.328 e. The maximum atomic E-state index is 12.1. The Morgan fingerprint density at radius 2 is 2.15 bits per heavy atom.